The van der Waals surface area contributed by atoms with E-state index < -0.39 is 0 Å². The number of aromatic nitrogens is 5. The van der Waals surface area contributed by atoms with E-state index in [1.54, 1.807) is 18.0 Å². The quantitative estimate of drug-likeness (QED) is 0.810. The Labute approximate surface area is 104 Å². The molecular formula is C10H15N5OS. The Bertz CT molecular complexity index is 519. The number of aliphatic hydroxyl groups excluding tert-OH is 1. The lowest BCUT2D eigenvalue weighted by molar-refractivity contribution is 0.271. The lowest BCUT2D eigenvalue weighted by atomic mass is 10.5. The van der Waals surface area contributed by atoms with Crippen molar-refractivity contribution in [2.45, 2.75) is 24.4 Å². The molecule has 92 valence electrons. The first-order valence-corrected chi connectivity index (χ1v) is 6.21. The molecule has 7 heteroatoms. The van der Waals surface area contributed by atoms with Crippen LogP contribution in [0.3, 0.4) is 0 Å². The van der Waals surface area contributed by atoms with Gasteiger partial charge in [0, 0.05) is 14.1 Å². The summed E-state index contributed by atoms with van der Waals surface area (Å²) in [6.45, 7) is 1.93. The van der Waals surface area contributed by atoms with E-state index in [0.29, 0.717) is 5.75 Å². The molecule has 0 fully saturated rings. The van der Waals surface area contributed by atoms with Crippen molar-refractivity contribution in [3.8, 4) is 0 Å². The molecule has 2 rings (SSSR count). The van der Waals surface area contributed by atoms with Crippen LogP contribution >= 0.6 is 11.8 Å². The summed E-state index contributed by atoms with van der Waals surface area (Å²) in [4.78, 5) is 4.25. The molecule has 0 unspecified atom stereocenters. The van der Waals surface area contributed by atoms with Crippen molar-refractivity contribution in [1.82, 2.24) is 24.3 Å². The molecule has 2 aromatic rings. The van der Waals surface area contributed by atoms with Gasteiger partial charge in [-0.15, -0.1) is 10.2 Å². The van der Waals surface area contributed by atoms with Gasteiger partial charge in [-0.3, -0.25) is 0 Å². The van der Waals surface area contributed by atoms with E-state index in [9.17, 15) is 0 Å². The molecule has 0 saturated heterocycles. The van der Waals surface area contributed by atoms with Crippen molar-refractivity contribution in [1.29, 1.82) is 0 Å². The third-order valence-electron chi connectivity index (χ3n) is 2.72. The molecule has 0 aromatic carbocycles. The Balaban J connectivity index is 2.07. The fraction of sp³-hybridized carbons (Fsp3) is 0.500. The minimum atomic E-state index is 0.00707. The van der Waals surface area contributed by atoms with Gasteiger partial charge in [0.2, 0.25) is 0 Å². The lowest BCUT2D eigenvalue weighted by Gasteiger charge is -2.03. The van der Waals surface area contributed by atoms with Gasteiger partial charge in [-0.1, -0.05) is 11.8 Å². The van der Waals surface area contributed by atoms with Crippen molar-refractivity contribution in [3.05, 3.63) is 23.5 Å². The van der Waals surface area contributed by atoms with Crippen LogP contribution in [0.5, 0.6) is 0 Å². The minimum Gasteiger partial charge on any atom is -0.390 e. The van der Waals surface area contributed by atoms with E-state index in [-0.39, 0.29) is 6.61 Å². The molecule has 0 spiro atoms. The van der Waals surface area contributed by atoms with Crippen molar-refractivity contribution < 1.29 is 5.11 Å². The van der Waals surface area contributed by atoms with Gasteiger partial charge >= 0.3 is 0 Å². The van der Waals surface area contributed by atoms with Gasteiger partial charge in [0.15, 0.2) is 5.16 Å². The zero-order chi connectivity index (χ0) is 12.4. The van der Waals surface area contributed by atoms with Crippen LogP contribution in [0.2, 0.25) is 0 Å². The molecule has 0 saturated carbocycles. The molecule has 0 radical (unpaired) electrons. The number of imidazole rings is 1. The second kappa shape index (κ2) is 4.89. The van der Waals surface area contributed by atoms with Gasteiger partial charge in [-0.05, 0) is 6.92 Å². The summed E-state index contributed by atoms with van der Waals surface area (Å²) >= 11 is 1.58. The molecule has 0 atom stereocenters. The first kappa shape index (κ1) is 12.1. The summed E-state index contributed by atoms with van der Waals surface area (Å²) in [5.74, 6) is 2.53. The summed E-state index contributed by atoms with van der Waals surface area (Å²) < 4.78 is 3.84. The van der Waals surface area contributed by atoms with E-state index in [1.807, 2.05) is 30.2 Å². The first-order chi connectivity index (χ1) is 8.13. The number of aryl methyl sites for hydroxylation is 1. The van der Waals surface area contributed by atoms with Crippen LogP contribution in [0.1, 0.15) is 17.3 Å². The largest absolute Gasteiger partial charge is 0.390 e. The monoisotopic (exact) mass is 253 g/mol. The number of aliphatic hydroxyl groups is 1. The van der Waals surface area contributed by atoms with Crippen molar-refractivity contribution >= 4 is 11.8 Å². The Hall–Kier alpha value is -1.34. The number of hydrogen-bond acceptors (Lipinski definition) is 5. The molecule has 0 aliphatic carbocycles. The Kier molecular flexibility index (Phi) is 3.49. The summed E-state index contributed by atoms with van der Waals surface area (Å²) in [7, 11) is 3.84. The molecule has 2 heterocycles. The van der Waals surface area contributed by atoms with Crippen LogP contribution in [0.4, 0.5) is 0 Å². The van der Waals surface area contributed by atoms with Crippen LogP contribution in [0.15, 0.2) is 11.4 Å². The van der Waals surface area contributed by atoms with Crippen LogP contribution in [-0.4, -0.2) is 29.4 Å². The number of hydrogen-bond donors (Lipinski definition) is 1. The summed E-state index contributed by atoms with van der Waals surface area (Å²) in [5, 5.41) is 18.0. The maximum atomic E-state index is 9.07. The van der Waals surface area contributed by atoms with Gasteiger partial charge in [-0.25, -0.2) is 4.98 Å². The van der Waals surface area contributed by atoms with E-state index >= 15 is 0 Å². The third kappa shape index (κ3) is 2.34. The number of nitrogens with zero attached hydrogens (tertiary/aromatic N) is 5. The fourth-order valence-corrected chi connectivity index (χ4v) is 2.36. The van der Waals surface area contributed by atoms with Gasteiger partial charge in [0.05, 0.1) is 24.3 Å². The summed E-state index contributed by atoms with van der Waals surface area (Å²) in [5.41, 5.74) is 0.807. The number of thioether (sulfide) groups is 1. The smallest absolute Gasteiger partial charge is 0.168 e. The molecule has 0 aliphatic rings. The topological polar surface area (TPSA) is 68.8 Å². The highest BCUT2D eigenvalue weighted by molar-refractivity contribution is 7.98. The second-order valence-corrected chi connectivity index (χ2v) is 4.70. The van der Waals surface area contributed by atoms with Gasteiger partial charge in [0.25, 0.3) is 0 Å². The minimum absolute atomic E-state index is 0.00707. The Morgan fingerprint density at radius 3 is 2.59 bits per heavy atom. The van der Waals surface area contributed by atoms with Crippen molar-refractivity contribution in [2.75, 3.05) is 0 Å². The Morgan fingerprint density at radius 2 is 2.06 bits per heavy atom. The zero-order valence-corrected chi connectivity index (χ0v) is 10.9. The molecular weight excluding hydrogens is 238 g/mol. The molecule has 17 heavy (non-hydrogen) atoms. The summed E-state index contributed by atoms with van der Waals surface area (Å²) in [6, 6.07) is 0. The standard InChI is InChI=1S/C10H15N5OS/c1-7-12-13-9(14(7)2)6-17-10-11-4-8(5-16)15(10)3/h4,16H,5-6H2,1-3H3. The predicted molar refractivity (Wildman–Crippen MR) is 64.4 cm³/mol. The highest BCUT2D eigenvalue weighted by atomic mass is 32.2. The van der Waals surface area contributed by atoms with E-state index in [2.05, 4.69) is 15.2 Å². The fourth-order valence-electron chi connectivity index (χ4n) is 1.41. The second-order valence-electron chi connectivity index (χ2n) is 3.76. The molecule has 6 nitrogen and oxygen atoms in total. The predicted octanol–water partition coefficient (Wildman–Crippen LogP) is 0.642. The Morgan fingerprint density at radius 1 is 1.29 bits per heavy atom. The van der Waals surface area contributed by atoms with Crippen molar-refractivity contribution in [2.24, 2.45) is 14.1 Å². The van der Waals surface area contributed by atoms with Crippen LogP contribution in [-0.2, 0) is 26.5 Å². The molecule has 1 N–H and O–H groups in total. The average molecular weight is 253 g/mol. The van der Waals surface area contributed by atoms with Crippen LogP contribution in [0.25, 0.3) is 0 Å². The number of rotatable bonds is 4. The third-order valence-corrected chi connectivity index (χ3v) is 3.76. The normalized spacial score (nSPS) is 11.1. The van der Waals surface area contributed by atoms with Gasteiger partial charge in [-0.2, -0.15) is 0 Å². The highest BCUT2D eigenvalue weighted by Crippen LogP contribution is 2.21. The SMILES string of the molecule is Cc1nnc(CSc2ncc(CO)n2C)n1C. The first-order valence-electron chi connectivity index (χ1n) is 5.22. The molecule has 2 aromatic heterocycles. The maximum Gasteiger partial charge on any atom is 0.168 e. The zero-order valence-electron chi connectivity index (χ0n) is 10.1. The molecule has 0 amide bonds. The van der Waals surface area contributed by atoms with E-state index in [4.69, 9.17) is 5.11 Å². The van der Waals surface area contributed by atoms with Gasteiger partial charge in [0.1, 0.15) is 11.6 Å². The van der Waals surface area contributed by atoms with Crippen molar-refractivity contribution in [3.63, 3.8) is 0 Å². The van der Waals surface area contributed by atoms with Crippen LogP contribution < -0.4 is 0 Å². The highest BCUT2D eigenvalue weighted by Gasteiger charge is 2.09. The van der Waals surface area contributed by atoms with Gasteiger partial charge < -0.3 is 14.2 Å². The van der Waals surface area contributed by atoms with E-state index in [0.717, 1.165) is 22.5 Å². The molecule has 0 bridgehead atoms. The molecule has 0 aliphatic heterocycles. The van der Waals surface area contributed by atoms with Crippen LogP contribution in [0, 0.1) is 6.92 Å². The lowest BCUT2D eigenvalue weighted by Crippen LogP contribution is -2.00. The summed E-state index contributed by atoms with van der Waals surface area (Å²) in [6.07, 6.45) is 1.68. The maximum absolute atomic E-state index is 9.07. The average Bonchev–Trinajstić information content (AvgIpc) is 2.83. The van der Waals surface area contributed by atoms with E-state index in [1.165, 1.54) is 0 Å².